The second kappa shape index (κ2) is 7.31. The highest BCUT2D eigenvalue weighted by Crippen LogP contribution is 2.23. The molecule has 0 saturated carbocycles. The summed E-state index contributed by atoms with van der Waals surface area (Å²) in [5.41, 5.74) is 1.47. The lowest BCUT2D eigenvalue weighted by atomic mass is 9.96. The number of aryl methyl sites for hydroxylation is 1. The Morgan fingerprint density at radius 1 is 1.23 bits per heavy atom. The number of nitrogens with one attached hydrogen (secondary N) is 1. The van der Waals surface area contributed by atoms with Crippen molar-refractivity contribution in [2.75, 3.05) is 5.75 Å². The fraction of sp³-hybridized carbons (Fsp3) is 0.294. The number of hydrogen-bond acceptors (Lipinski definition) is 3. The summed E-state index contributed by atoms with van der Waals surface area (Å²) in [5, 5.41) is 13.6. The van der Waals surface area contributed by atoms with Crippen LogP contribution in [-0.4, -0.2) is 28.8 Å². The molecule has 0 aliphatic rings. The minimum absolute atomic E-state index is 0.288. The van der Waals surface area contributed by atoms with E-state index in [1.165, 1.54) is 0 Å². The number of carboxylic acids is 1. The normalized spacial score (nSPS) is 12.1. The lowest BCUT2D eigenvalue weighted by Gasteiger charge is -2.16. The fourth-order valence-electron chi connectivity index (χ4n) is 2.50. The number of carbonyl (C=O) groups is 2. The second-order valence-corrected chi connectivity index (χ2v) is 5.50. The van der Waals surface area contributed by atoms with E-state index in [4.69, 9.17) is 0 Å². The molecule has 1 atom stereocenters. The van der Waals surface area contributed by atoms with Crippen LogP contribution < -0.4 is 5.32 Å². The van der Waals surface area contributed by atoms with Gasteiger partial charge in [0.1, 0.15) is 6.04 Å². The topological polar surface area (TPSA) is 66.4 Å². The predicted octanol–water partition coefficient (Wildman–Crippen LogP) is 2.91. The zero-order valence-corrected chi connectivity index (χ0v) is 13.3. The van der Waals surface area contributed by atoms with Crippen molar-refractivity contribution in [3.63, 3.8) is 0 Å². The lowest BCUT2D eigenvalue weighted by Crippen LogP contribution is -2.41. The Morgan fingerprint density at radius 3 is 2.59 bits per heavy atom. The maximum Gasteiger partial charge on any atom is 0.326 e. The SMILES string of the molecule is CCc1ccc2ccccc2c1C(=O)N[C@@H](CCS)C(=O)O. The summed E-state index contributed by atoms with van der Waals surface area (Å²) >= 11 is 4.05. The van der Waals surface area contributed by atoms with Crippen molar-refractivity contribution in [3.05, 3.63) is 47.5 Å². The molecule has 0 saturated heterocycles. The number of carbonyl (C=O) groups excluding carboxylic acids is 1. The van der Waals surface area contributed by atoms with Gasteiger partial charge < -0.3 is 10.4 Å². The third-order valence-electron chi connectivity index (χ3n) is 3.64. The van der Waals surface area contributed by atoms with Crippen molar-refractivity contribution < 1.29 is 14.7 Å². The van der Waals surface area contributed by atoms with Gasteiger partial charge in [0.15, 0.2) is 0 Å². The molecule has 1 amide bonds. The van der Waals surface area contributed by atoms with Gasteiger partial charge in [0.05, 0.1) is 5.56 Å². The number of hydrogen-bond donors (Lipinski definition) is 3. The maximum absolute atomic E-state index is 12.6. The first-order valence-electron chi connectivity index (χ1n) is 7.23. The fourth-order valence-corrected chi connectivity index (χ4v) is 2.75. The van der Waals surface area contributed by atoms with Crippen LogP contribution in [0.25, 0.3) is 10.8 Å². The van der Waals surface area contributed by atoms with Gasteiger partial charge in [-0.3, -0.25) is 4.79 Å². The van der Waals surface area contributed by atoms with Gasteiger partial charge >= 0.3 is 5.97 Å². The maximum atomic E-state index is 12.6. The standard InChI is InChI=1S/C17H19NO3S/c1-2-11-7-8-12-5-3-4-6-13(12)15(11)16(19)18-14(9-10-22)17(20)21/h3-8,14,22H,2,9-10H2,1H3,(H,18,19)(H,20,21)/t14-/m0/s1. The monoisotopic (exact) mass is 317 g/mol. The van der Waals surface area contributed by atoms with E-state index in [1.807, 2.05) is 43.3 Å². The highest BCUT2D eigenvalue weighted by Gasteiger charge is 2.22. The molecule has 0 bridgehead atoms. The van der Waals surface area contributed by atoms with Crippen LogP contribution in [-0.2, 0) is 11.2 Å². The molecular formula is C17H19NO3S. The molecule has 5 heteroatoms. The molecule has 22 heavy (non-hydrogen) atoms. The van der Waals surface area contributed by atoms with E-state index in [9.17, 15) is 14.7 Å². The van der Waals surface area contributed by atoms with Gasteiger partial charge in [-0.1, -0.05) is 43.3 Å². The summed E-state index contributed by atoms with van der Waals surface area (Å²) < 4.78 is 0. The summed E-state index contributed by atoms with van der Waals surface area (Å²) in [5.74, 6) is -0.989. The van der Waals surface area contributed by atoms with Crippen molar-refractivity contribution in [2.45, 2.75) is 25.8 Å². The smallest absolute Gasteiger partial charge is 0.326 e. The van der Waals surface area contributed by atoms with Gasteiger partial charge in [-0.25, -0.2) is 4.79 Å². The molecule has 0 aliphatic carbocycles. The van der Waals surface area contributed by atoms with Crippen LogP contribution in [0.2, 0.25) is 0 Å². The van der Waals surface area contributed by atoms with E-state index < -0.39 is 12.0 Å². The summed E-state index contributed by atoms with van der Waals surface area (Å²) in [7, 11) is 0. The molecule has 0 fully saturated rings. The average Bonchev–Trinajstić information content (AvgIpc) is 2.52. The third kappa shape index (κ3) is 3.42. The Hall–Kier alpha value is -2.01. The number of thiol groups is 1. The van der Waals surface area contributed by atoms with E-state index in [1.54, 1.807) is 0 Å². The molecular weight excluding hydrogens is 298 g/mol. The van der Waals surface area contributed by atoms with E-state index in [0.29, 0.717) is 17.7 Å². The first-order chi connectivity index (χ1) is 10.6. The number of benzene rings is 2. The molecule has 4 nitrogen and oxygen atoms in total. The van der Waals surface area contributed by atoms with Crippen molar-refractivity contribution >= 4 is 35.3 Å². The van der Waals surface area contributed by atoms with Gasteiger partial charge in [0, 0.05) is 0 Å². The van der Waals surface area contributed by atoms with E-state index >= 15 is 0 Å². The van der Waals surface area contributed by atoms with Gasteiger partial charge in [0.2, 0.25) is 0 Å². The lowest BCUT2D eigenvalue weighted by molar-refractivity contribution is -0.139. The number of fused-ring (bicyclic) bond motifs is 1. The quantitative estimate of drug-likeness (QED) is 0.718. The molecule has 0 heterocycles. The summed E-state index contributed by atoms with van der Waals surface area (Å²) in [4.78, 5) is 23.9. The van der Waals surface area contributed by atoms with Crippen molar-refractivity contribution in [1.29, 1.82) is 0 Å². The van der Waals surface area contributed by atoms with Crippen LogP contribution in [0, 0.1) is 0 Å². The minimum Gasteiger partial charge on any atom is -0.480 e. The van der Waals surface area contributed by atoms with Crippen LogP contribution in [0.15, 0.2) is 36.4 Å². The second-order valence-electron chi connectivity index (χ2n) is 5.05. The predicted molar refractivity (Wildman–Crippen MR) is 90.7 cm³/mol. The molecule has 0 unspecified atom stereocenters. The molecule has 116 valence electrons. The molecule has 0 radical (unpaired) electrons. The Labute approximate surface area is 134 Å². The third-order valence-corrected chi connectivity index (χ3v) is 3.90. The Balaban J connectivity index is 2.43. The summed E-state index contributed by atoms with van der Waals surface area (Å²) in [6.45, 7) is 1.98. The first kappa shape index (κ1) is 16.4. The van der Waals surface area contributed by atoms with Crippen molar-refractivity contribution in [3.8, 4) is 0 Å². The molecule has 2 N–H and O–H groups in total. The largest absolute Gasteiger partial charge is 0.480 e. The Morgan fingerprint density at radius 2 is 1.95 bits per heavy atom. The molecule has 2 aromatic carbocycles. The van der Waals surface area contributed by atoms with Crippen LogP contribution in [0.5, 0.6) is 0 Å². The Kier molecular flexibility index (Phi) is 5.44. The number of amides is 1. The summed E-state index contributed by atoms with van der Waals surface area (Å²) in [6, 6.07) is 10.6. The van der Waals surface area contributed by atoms with E-state index in [2.05, 4.69) is 17.9 Å². The van der Waals surface area contributed by atoms with Gasteiger partial charge in [-0.2, -0.15) is 12.6 Å². The highest BCUT2D eigenvalue weighted by molar-refractivity contribution is 7.80. The molecule has 0 aromatic heterocycles. The molecule has 2 rings (SSSR count). The van der Waals surface area contributed by atoms with Gasteiger partial charge in [0.25, 0.3) is 5.91 Å². The number of aliphatic carboxylic acids is 1. The first-order valence-corrected chi connectivity index (χ1v) is 7.86. The van der Waals surface area contributed by atoms with Crippen LogP contribution in [0.4, 0.5) is 0 Å². The number of rotatable bonds is 6. The van der Waals surface area contributed by atoms with E-state index in [0.717, 1.165) is 16.3 Å². The van der Waals surface area contributed by atoms with Crippen molar-refractivity contribution in [2.24, 2.45) is 0 Å². The van der Waals surface area contributed by atoms with Crippen LogP contribution in [0.1, 0.15) is 29.3 Å². The highest BCUT2D eigenvalue weighted by atomic mass is 32.1. The zero-order chi connectivity index (χ0) is 16.1. The number of carboxylic acid groups (broad SMARTS) is 1. The zero-order valence-electron chi connectivity index (χ0n) is 12.4. The minimum atomic E-state index is -1.04. The van der Waals surface area contributed by atoms with Crippen LogP contribution in [0.3, 0.4) is 0 Å². The van der Waals surface area contributed by atoms with Crippen molar-refractivity contribution in [1.82, 2.24) is 5.32 Å². The Bertz CT molecular complexity index is 699. The van der Waals surface area contributed by atoms with Gasteiger partial charge in [-0.05, 0) is 34.9 Å². The molecule has 2 aromatic rings. The average molecular weight is 317 g/mol. The van der Waals surface area contributed by atoms with Crippen LogP contribution >= 0.6 is 12.6 Å². The van der Waals surface area contributed by atoms with Gasteiger partial charge in [-0.15, -0.1) is 0 Å². The molecule has 0 aliphatic heterocycles. The summed E-state index contributed by atoms with van der Waals surface area (Å²) in [6.07, 6.45) is 0.994. The molecule has 0 spiro atoms. The van der Waals surface area contributed by atoms with E-state index in [-0.39, 0.29) is 12.3 Å².